The number of hydrogen-bond acceptors (Lipinski definition) is 4. The molecule has 2 aliphatic rings. The number of aryl methyl sites for hydroxylation is 1. The second-order valence-corrected chi connectivity index (χ2v) is 7.17. The van der Waals surface area contributed by atoms with Gasteiger partial charge in [0.1, 0.15) is 17.7 Å². The molecule has 1 fully saturated rings. The SMILES string of the molecule is CN(c1nc(Cl)nc2c1CCC2)C1CCCN(c2cccc(F)c2)C1=O. The monoisotopic (exact) mass is 374 g/mol. The molecule has 0 N–H and O–H groups in total. The van der Waals surface area contributed by atoms with Gasteiger partial charge in [0.15, 0.2) is 0 Å². The number of piperidine rings is 1. The largest absolute Gasteiger partial charge is 0.347 e. The van der Waals surface area contributed by atoms with Gasteiger partial charge in [-0.05, 0) is 61.9 Å². The van der Waals surface area contributed by atoms with Crippen molar-refractivity contribution in [3.8, 4) is 0 Å². The van der Waals surface area contributed by atoms with Crippen LogP contribution in [0.3, 0.4) is 0 Å². The molecule has 1 saturated heterocycles. The molecule has 1 unspecified atom stereocenters. The molecule has 0 radical (unpaired) electrons. The molecule has 1 atom stereocenters. The Balaban J connectivity index is 1.64. The van der Waals surface area contributed by atoms with Crippen LogP contribution in [-0.4, -0.2) is 35.5 Å². The lowest BCUT2D eigenvalue weighted by molar-refractivity contribution is -0.120. The van der Waals surface area contributed by atoms with E-state index in [1.54, 1.807) is 17.0 Å². The average Bonchev–Trinajstić information content (AvgIpc) is 3.09. The van der Waals surface area contributed by atoms with E-state index in [0.717, 1.165) is 49.2 Å². The van der Waals surface area contributed by atoms with Crippen LogP contribution in [0.4, 0.5) is 15.9 Å². The van der Waals surface area contributed by atoms with Crippen LogP contribution in [0.1, 0.15) is 30.5 Å². The normalized spacial score (nSPS) is 19.6. The van der Waals surface area contributed by atoms with E-state index in [0.29, 0.717) is 12.2 Å². The number of hydrogen-bond donors (Lipinski definition) is 0. The quantitative estimate of drug-likeness (QED) is 0.773. The lowest BCUT2D eigenvalue weighted by Gasteiger charge is -2.37. The molecular weight excluding hydrogens is 355 g/mol. The van der Waals surface area contributed by atoms with Crippen LogP contribution in [-0.2, 0) is 17.6 Å². The van der Waals surface area contributed by atoms with Crippen molar-refractivity contribution in [3.63, 3.8) is 0 Å². The first-order valence-corrected chi connectivity index (χ1v) is 9.27. The van der Waals surface area contributed by atoms with Gasteiger partial charge in [-0.25, -0.2) is 14.4 Å². The van der Waals surface area contributed by atoms with Crippen molar-refractivity contribution < 1.29 is 9.18 Å². The molecule has 4 rings (SSSR count). The van der Waals surface area contributed by atoms with E-state index in [1.165, 1.54) is 12.1 Å². The van der Waals surface area contributed by atoms with E-state index in [2.05, 4.69) is 9.97 Å². The molecule has 5 nitrogen and oxygen atoms in total. The molecule has 7 heteroatoms. The molecule has 1 amide bonds. The fourth-order valence-corrected chi connectivity index (χ4v) is 4.12. The van der Waals surface area contributed by atoms with Gasteiger partial charge in [0.2, 0.25) is 11.2 Å². The van der Waals surface area contributed by atoms with E-state index in [1.807, 2.05) is 11.9 Å². The molecule has 1 aliphatic heterocycles. The van der Waals surface area contributed by atoms with Gasteiger partial charge in [-0.2, -0.15) is 0 Å². The van der Waals surface area contributed by atoms with Gasteiger partial charge in [0.05, 0.1) is 5.69 Å². The standard InChI is InChI=1S/C19H20ClFN4O/c1-24(17-14-7-3-8-15(14)22-19(20)23-17)16-9-4-10-25(18(16)26)13-6-2-5-12(21)11-13/h2,5-6,11,16H,3-4,7-10H2,1H3. The Kier molecular flexibility index (Phi) is 4.53. The van der Waals surface area contributed by atoms with E-state index in [-0.39, 0.29) is 23.0 Å². The summed E-state index contributed by atoms with van der Waals surface area (Å²) in [6.45, 7) is 0.593. The van der Waals surface area contributed by atoms with Crippen molar-refractivity contribution in [1.29, 1.82) is 0 Å². The summed E-state index contributed by atoms with van der Waals surface area (Å²) in [5.41, 5.74) is 2.67. The molecular formula is C19H20ClFN4O. The Morgan fingerprint density at radius 3 is 2.92 bits per heavy atom. The fourth-order valence-electron chi connectivity index (χ4n) is 3.94. The van der Waals surface area contributed by atoms with Crippen molar-refractivity contribution in [2.24, 2.45) is 0 Å². The molecule has 1 aliphatic carbocycles. The molecule has 0 spiro atoms. The highest BCUT2D eigenvalue weighted by Crippen LogP contribution is 2.32. The number of nitrogens with zero attached hydrogens (tertiary/aromatic N) is 4. The highest BCUT2D eigenvalue weighted by molar-refractivity contribution is 6.28. The Hall–Kier alpha value is -2.21. The summed E-state index contributed by atoms with van der Waals surface area (Å²) in [4.78, 5) is 25.4. The van der Waals surface area contributed by atoms with Crippen molar-refractivity contribution in [2.45, 2.75) is 38.1 Å². The van der Waals surface area contributed by atoms with E-state index >= 15 is 0 Å². The summed E-state index contributed by atoms with van der Waals surface area (Å²) in [5.74, 6) is 0.369. The Morgan fingerprint density at radius 2 is 2.12 bits per heavy atom. The fraction of sp³-hybridized carbons (Fsp3) is 0.421. The molecule has 1 aromatic carbocycles. The van der Waals surface area contributed by atoms with Crippen LogP contribution in [0.25, 0.3) is 0 Å². The van der Waals surface area contributed by atoms with Crippen molar-refractivity contribution in [2.75, 3.05) is 23.4 Å². The second-order valence-electron chi connectivity index (χ2n) is 6.83. The molecule has 2 aromatic rings. The third-order valence-corrected chi connectivity index (χ3v) is 5.38. The number of halogens is 2. The summed E-state index contributed by atoms with van der Waals surface area (Å²) < 4.78 is 13.6. The molecule has 0 saturated carbocycles. The van der Waals surface area contributed by atoms with Crippen LogP contribution in [0, 0.1) is 5.82 Å². The van der Waals surface area contributed by atoms with Gasteiger partial charge in [0.25, 0.3) is 0 Å². The van der Waals surface area contributed by atoms with Crippen molar-refractivity contribution in [3.05, 3.63) is 46.6 Å². The summed E-state index contributed by atoms with van der Waals surface area (Å²) in [5, 5.41) is 0.220. The van der Waals surface area contributed by atoms with Crippen LogP contribution >= 0.6 is 11.6 Å². The van der Waals surface area contributed by atoms with Gasteiger partial charge in [0, 0.05) is 24.8 Å². The number of rotatable bonds is 3. The number of fused-ring (bicyclic) bond motifs is 1. The molecule has 26 heavy (non-hydrogen) atoms. The highest BCUT2D eigenvalue weighted by atomic mass is 35.5. The van der Waals surface area contributed by atoms with Gasteiger partial charge in [-0.1, -0.05) is 6.07 Å². The number of likely N-dealkylation sites (N-methyl/N-ethyl adjacent to an activating group) is 1. The summed E-state index contributed by atoms with van der Waals surface area (Å²) in [6, 6.07) is 5.83. The van der Waals surface area contributed by atoms with Gasteiger partial charge < -0.3 is 9.80 Å². The van der Waals surface area contributed by atoms with Crippen LogP contribution < -0.4 is 9.80 Å². The number of carbonyl (C=O) groups excluding carboxylic acids is 1. The van der Waals surface area contributed by atoms with E-state index < -0.39 is 0 Å². The summed E-state index contributed by atoms with van der Waals surface area (Å²) in [6.07, 6.45) is 4.40. The zero-order chi connectivity index (χ0) is 18.3. The third-order valence-electron chi connectivity index (χ3n) is 5.22. The maximum Gasteiger partial charge on any atom is 0.249 e. The summed E-state index contributed by atoms with van der Waals surface area (Å²) >= 11 is 6.10. The Bertz CT molecular complexity index is 859. The Morgan fingerprint density at radius 1 is 1.27 bits per heavy atom. The van der Waals surface area contributed by atoms with Gasteiger partial charge >= 0.3 is 0 Å². The first-order valence-electron chi connectivity index (χ1n) is 8.89. The first-order chi connectivity index (χ1) is 12.5. The second kappa shape index (κ2) is 6.83. The number of carbonyl (C=O) groups is 1. The minimum atomic E-state index is -0.345. The smallest absolute Gasteiger partial charge is 0.249 e. The zero-order valence-electron chi connectivity index (χ0n) is 14.6. The molecule has 136 valence electrons. The lowest BCUT2D eigenvalue weighted by atomic mass is 10.0. The first kappa shape index (κ1) is 17.2. The minimum Gasteiger partial charge on any atom is -0.347 e. The van der Waals surface area contributed by atoms with Crippen LogP contribution in [0.5, 0.6) is 0 Å². The minimum absolute atomic E-state index is 0.0363. The lowest BCUT2D eigenvalue weighted by Crippen LogP contribution is -2.52. The molecule has 2 heterocycles. The molecule has 1 aromatic heterocycles. The topological polar surface area (TPSA) is 49.3 Å². The van der Waals surface area contributed by atoms with E-state index in [9.17, 15) is 9.18 Å². The maximum absolute atomic E-state index is 13.6. The molecule has 0 bridgehead atoms. The Labute approximate surface area is 156 Å². The van der Waals surface area contributed by atoms with Gasteiger partial charge in [-0.3, -0.25) is 4.79 Å². The third kappa shape index (κ3) is 3.03. The van der Waals surface area contributed by atoms with Crippen molar-refractivity contribution in [1.82, 2.24) is 9.97 Å². The summed E-state index contributed by atoms with van der Waals surface area (Å²) in [7, 11) is 1.88. The number of amides is 1. The van der Waals surface area contributed by atoms with E-state index in [4.69, 9.17) is 11.6 Å². The number of anilines is 2. The van der Waals surface area contributed by atoms with Crippen LogP contribution in [0.15, 0.2) is 24.3 Å². The average molecular weight is 375 g/mol. The predicted octanol–water partition coefficient (Wildman–Crippen LogP) is 3.39. The number of benzene rings is 1. The van der Waals surface area contributed by atoms with Crippen LogP contribution in [0.2, 0.25) is 5.28 Å². The van der Waals surface area contributed by atoms with Crippen molar-refractivity contribution >= 4 is 29.0 Å². The highest BCUT2D eigenvalue weighted by Gasteiger charge is 2.35. The number of aromatic nitrogens is 2. The van der Waals surface area contributed by atoms with Gasteiger partial charge in [-0.15, -0.1) is 0 Å². The maximum atomic E-state index is 13.6. The zero-order valence-corrected chi connectivity index (χ0v) is 15.3. The predicted molar refractivity (Wildman–Crippen MR) is 99.2 cm³/mol.